The predicted molar refractivity (Wildman–Crippen MR) is 80.4 cm³/mol. The van der Waals surface area contributed by atoms with Crippen molar-refractivity contribution < 1.29 is 9.47 Å². The number of benzene rings is 2. The molecule has 2 aromatic rings. The van der Waals surface area contributed by atoms with Crippen LogP contribution in [-0.4, -0.2) is 13.2 Å². The molecule has 4 rings (SSSR count). The Morgan fingerprint density at radius 3 is 2.90 bits per heavy atom. The number of hydrazine groups is 1. The Balaban J connectivity index is 1.75. The quantitative estimate of drug-likeness (QED) is 0.670. The zero-order valence-corrected chi connectivity index (χ0v) is 11.7. The number of ether oxygens (including phenoxy) is 2. The van der Waals surface area contributed by atoms with E-state index in [1.165, 1.54) is 11.1 Å². The fourth-order valence-electron chi connectivity index (χ4n) is 3.37. The maximum absolute atomic E-state index is 5.87. The molecule has 0 aliphatic carbocycles. The normalized spacial score (nSPS) is 20.3. The Morgan fingerprint density at radius 1 is 1.10 bits per heavy atom. The van der Waals surface area contributed by atoms with Gasteiger partial charge in [0.1, 0.15) is 11.5 Å². The lowest BCUT2D eigenvalue weighted by Gasteiger charge is -2.24. The molecule has 0 amide bonds. The summed E-state index contributed by atoms with van der Waals surface area (Å²) in [5, 5.41) is 0. The molecule has 0 saturated heterocycles. The average molecular weight is 282 g/mol. The molecule has 4 heteroatoms. The van der Waals surface area contributed by atoms with Gasteiger partial charge in [-0.05, 0) is 11.6 Å². The molecule has 4 nitrogen and oxygen atoms in total. The molecule has 2 aromatic carbocycles. The van der Waals surface area contributed by atoms with E-state index in [0.29, 0.717) is 6.61 Å². The maximum Gasteiger partial charge on any atom is 0.127 e. The summed E-state index contributed by atoms with van der Waals surface area (Å²) in [5.74, 6) is 8.02. The van der Waals surface area contributed by atoms with Crippen molar-refractivity contribution in [1.82, 2.24) is 5.43 Å². The zero-order valence-electron chi connectivity index (χ0n) is 11.7. The second kappa shape index (κ2) is 5.06. The number of hydrogen-bond acceptors (Lipinski definition) is 4. The van der Waals surface area contributed by atoms with Crippen molar-refractivity contribution in [3.05, 3.63) is 59.2 Å². The van der Waals surface area contributed by atoms with E-state index < -0.39 is 0 Å². The summed E-state index contributed by atoms with van der Waals surface area (Å²) < 4.78 is 11.6. The van der Waals surface area contributed by atoms with Gasteiger partial charge in [0.25, 0.3) is 0 Å². The minimum absolute atomic E-state index is 0.0123. The standard InChI is InChI=1S/C17H18N2O2/c18-19-16(13-6-3-4-11-8-9-20-17(11)13)14-10-21-15-7-2-1-5-12(14)15/h1-7,14,16,19H,8-10,18H2. The van der Waals surface area contributed by atoms with Gasteiger partial charge in [-0.1, -0.05) is 36.4 Å². The number of para-hydroxylation sites is 2. The molecule has 0 aromatic heterocycles. The van der Waals surface area contributed by atoms with Crippen LogP contribution in [0.2, 0.25) is 0 Å². The van der Waals surface area contributed by atoms with Gasteiger partial charge in [-0.2, -0.15) is 0 Å². The average Bonchev–Trinajstić information content (AvgIpc) is 3.15. The molecule has 0 saturated carbocycles. The molecule has 2 heterocycles. The fraction of sp³-hybridized carbons (Fsp3) is 0.294. The van der Waals surface area contributed by atoms with Gasteiger partial charge >= 0.3 is 0 Å². The fourth-order valence-corrected chi connectivity index (χ4v) is 3.37. The van der Waals surface area contributed by atoms with E-state index in [-0.39, 0.29) is 12.0 Å². The van der Waals surface area contributed by atoms with E-state index in [4.69, 9.17) is 15.3 Å². The topological polar surface area (TPSA) is 56.5 Å². The van der Waals surface area contributed by atoms with Crippen molar-refractivity contribution in [2.75, 3.05) is 13.2 Å². The third-order valence-electron chi connectivity index (χ3n) is 4.40. The van der Waals surface area contributed by atoms with Gasteiger partial charge in [-0.3, -0.25) is 11.3 Å². The van der Waals surface area contributed by atoms with Crippen molar-refractivity contribution in [3.63, 3.8) is 0 Å². The molecular weight excluding hydrogens is 264 g/mol. The van der Waals surface area contributed by atoms with Crippen LogP contribution in [-0.2, 0) is 6.42 Å². The molecule has 108 valence electrons. The van der Waals surface area contributed by atoms with Crippen LogP contribution in [0.15, 0.2) is 42.5 Å². The first-order valence-corrected chi connectivity index (χ1v) is 7.31. The number of fused-ring (bicyclic) bond motifs is 2. The van der Waals surface area contributed by atoms with Crippen LogP contribution in [0.5, 0.6) is 11.5 Å². The number of hydrogen-bond donors (Lipinski definition) is 2. The smallest absolute Gasteiger partial charge is 0.127 e. The summed E-state index contributed by atoms with van der Waals surface area (Å²) in [4.78, 5) is 0. The van der Waals surface area contributed by atoms with Crippen LogP contribution in [0.1, 0.15) is 28.7 Å². The number of rotatable bonds is 3. The first-order chi connectivity index (χ1) is 10.4. The Hall–Kier alpha value is -2.04. The first-order valence-electron chi connectivity index (χ1n) is 7.31. The molecular formula is C17H18N2O2. The van der Waals surface area contributed by atoms with E-state index >= 15 is 0 Å². The highest BCUT2D eigenvalue weighted by Gasteiger charge is 2.34. The van der Waals surface area contributed by atoms with Crippen molar-refractivity contribution in [2.24, 2.45) is 5.84 Å². The molecule has 0 fully saturated rings. The molecule has 21 heavy (non-hydrogen) atoms. The lowest BCUT2D eigenvalue weighted by Crippen LogP contribution is -2.33. The van der Waals surface area contributed by atoms with Gasteiger partial charge in [0.2, 0.25) is 0 Å². The summed E-state index contributed by atoms with van der Waals surface area (Å²) in [6.45, 7) is 1.39. The van der Waals surface area contributed by atoms with Gasteiger partial charge < -0.3 is 9.47 Å². The Morgan fingerprint density at radius 2 is 2.00 bits per heavy atom. The van der Waals surface area contributed by atoms with Crippen LogP contribution in [0.25, 0.3) is 0 Å². The monoisotopic (exact) mass is 282 g/mol. The highest BCUT2D eigenvalue weighted by Crippen LogP contribution is 2.44. The molecule has 2 aliphatic heterocycles. The summed E-state index contributed by atoms with van der Waals surface area (Å²) in [6, 6.07) is 14.4. The van der Waals surface area contributed by atoms with E-state index in [9.17, 15) is 0 Å². The SMILES string of the molecule is NNC(c1cccc2c1OCC2)C1COc2ccccc21. The van der Waals surface area contributed by atoms with Crippen LogP contribution in [0.4, 0.5) is 0 Å². The van der Waals surface area contributed by atoms with E-state index in [1.54, 1.807) is 0 Å². The van der Waals surface area contributed by atoms with E-state index in [2.05, 4.69) is 29.7 Å². The molecule has 0 radical (unpaired) electrons. The molecule has 0 spiro atoms. The molecule has 0 bridgehead atoms. The molecule has 2 aliphatic rings. The van der Waals surface area contributed by atoms with Crippen molar-refractivity contribution in [2.45, 2.75) is 18.4 Å². The predicted octanol–water partition coefficient (Wildman–Crippen LogP) is 2.30. The second-order valence-electron chi connectivity index (χ2n) is 5.53. The molecule has 2 unspecified atom stereocenters. The zero-order chi connectivity index (χ0) is 14.2. The van der Waals surface area contributed by atoms with Crippen molar-refractivity contribution in [1.29, 1.82) is 0 Å². The lowest BCUT2D eigenvalue weighted by atomic mass is 9.87. The molecule has 3 N–H and O–H groups in total. The highest BCUT2D eigenvalue weighted by atomic mass is 16.5. The van der Waals surface area contributed by atoms with Gasteiger partial charge in [0.05, 0.1) is 19.3 Å². The summed E-state index contributed by atoms with van der Waals surface area (Å²) in [5.41, 5.74) is 6.56. The Labute approximate surface area is 123 Å². The minimum Gasteiger partial charge on any atom is -0.493 e. The summed E-state index contributed by atoms with van der Waals surface area (Å²) in [7, 11) is 0. The summed E-state index contributed by atoms with van der Waals surface area (Å²) >= 11 is 0. The number of nitrogens with one attached hydrogen (secondary N) is 1. The molecule has 2 atom stereocenters. The largest absolute Gasteiger partial charge is 0.493 e. The minimum atomic E-state index is -0.0123. The lowest BCUT2D eigenvalue weighted by molar-refractivity contribution is 0.294. The maximum atomic E-state index is 5.87. The van der Waals surface area contributed by atoms with Crippen molar-refractivity contribution in [3.8, 4) is 11.5 Å². The van der Waals surface area contributed by atoms with Crippen LogP contribution in [0, 0.1) is 0 Å². The van der Waals surface area contributed by atoms with Gasteiger partial charge in [-0.25, -0.2) is 0 Å². The van der Waals surface area contributed by atoms with Gasteiger partial charge in [-0.15, -0.1) is 0 Å². The Kier molecular flexibility index (Phi) is 3.05. The number of nitrogens with two attached hydrogens (primary N) is 1. The van der Waals surface area contributed by atoms with Gasteiger partial charge in [0, 0.05) is 23.5 Å². The second-order valence-corrected chi connectivity index (χ2v) is 5.53. The van der Waals surface area contributed by atoms with E-state index in [1.807, 2.05) is 18.2 Å². The van der Waals surface area contributed by atoms with Gasteiger partial charge in [0.15, 0.2) is 0 Å². The Bertz CT molecular complexity index is 672. The van der Waals surface area contributed by atoms with Crippen LogP contribution < -0.4 is 20.7 Å². The van der Waals surface area contributed by atoms with Crippen molar-refractivity contribution >= 4 is 0 Å². The highest BCUT2D eigenvalue weighted by molar-refractivity contribution is 5.49. The summed E-state index contributed by atoms with van der Waals surface area (Å²) in [6.07, 6.45) is 0.970. The third-order valence-corrected chi connectivity index (χ3v) is 4.40. The van der Waals surface area contributed by atoms with E-state index in [0.717, 1.165) is 30.1 Å². The van der Waals surface area contributed by atoms with Crippen LogP contribution in [0.3, 0.4) is 0 Å². The first kappa shape index (κ1) is 12.7. The van der Waals surface area contributed by atoms with Crippen LogP contribution >= 0.6 is 0 Å². The third kappa shape index (κ3) is 1.99.